The Bertz CT molecular complexity index is 774. The van der Waals surface area contributed by atoms with Crippen molar-refractivity contribution in [1.29, 1.82) is 0 Å². The number of nitrogens with zero attached hydrogens (tertiary/aromatic N) is 1. The van der Waals surface area contributed by atoms with E-state index >= 15 is 0 Å². The summed E-state index contributed by atoms with van der Waals surface area (Å²) in [5.41, 5.74) is -1.86. The van der Waals surface area contributed by atoms with E-state index in [2.05, 4.69) is 9.72 Å². The maximum atomic E-state index is 13.2. The Morgan fingerprint density at radius 2 is 1.92 bits per heavy atom. The maximum Gasteiger partial charge on any atom is 0.418 e. The number of ether oxygens (including phenoxy) is 2. The lowest BCUT2D eigenvalue weighted by Crippen LogP contribution is -2.12. The molecule has 0 aliphatic carbocycles. The minimum Gasteiger partial charge on any atom is -0.461 e. The van der Waals surface area contributed by atoms with Crippen molar-refractivity contribution in [2.75, 3.05) is 6.61 Å². The van der Waals surface area contributed by atoms with Gasteiger partial charge in [0.25, 0.3) is 0 Å². The van der Waals surface area contributed by atoms with Gasteiger partial charge in [0.05, 0.1) is 17.7 Å². The molecule has 0 saturated carbocycles. The maximum absolute atomic E-state index is 13.2. The SMILES string of the molecule is CCOC(=O)c1cc(C)c2cc(OC(F)F)cc(C(F)(F)F)c2n1. The summed E-state index contributed by atoms with van der Waals surface area (Å²) in [4.78, 5) is 15.4. The van der Waals surface area contributed by atoms with E-state index in [0.29, 0.717) is 6.07 Å². The van der Waals surface area contributed by atoms with Crippen molar-refractivity contribution in [3.63, 3.8) is 0 Å². The van der Waals surface area contributed by atoms with Gasteiger partial charge in [-0.2, -0.15) is 22.0 Å². The molecule has 1 aromatic carbocycles. The van der Waals surface area contributed by atoms with Crippen molar-refractivity contribution >= 4 is 16.9 Å². The van der Waals surface area contributed by atoms with Gasteiger partial charge in [-0.15, -0.1) is 0 Å². The van der Waals surface area contributed by atoms with E-state index in [1.54, 1.807) is 6.92 Å². The van der Waals surface area contributed by atoms with Crippen LogP contribution in [0.4, 0.5) is 22.0 Å². The summed E-state index contributed by atoms with van der Waals surface area (Å²) in [6.07, 6.45) is -4.87. The Labute approximate surface area is 133 Å². The van der Waals surface area contributed by atoms with Crippen molar-refractivity contribution in [3.05, 3.63) is 35.0 Å². The molecular formula is C15H12F5NO3. The first-order chi connectivity index (χ1) is 11.1. The van der Waals surface area contributed by atoms with E-state index in [4.69, 9.17) is 4.74 Å². The molecule has 0 bridgehead atoms. The second-order valence-electron chi connectivity index (χ2n) is 4.79. The summed E-state index contributed by atoms with van der Waals surface area (Å²) in [6, 6.07) is 2.68. The first kappa shape index (κ1) is 17.9. The van der Waals surface area contributed by atoms with Crippen molar-refractivity contribution in [3.8, 4) is 5.75 Å². The summed E-state index contributed by atoms with van der Waals surface area (Å²) >= 11 is 0. The number of esters is 1. The van der Waals surface area contributed by atoms with Gasteiger partial charge in [-0.25, -0.2) is 9.78 Å². The molecule has 0 fully saturated rings. The summed E-state index contributed by atoms with van der Waals surface area (Å²) in [6.45, 7) is -0.263. The lowest BCUT2D eigenvalue weighted by Gasteiger charge is -2.15. The summed E-state index contributed by atoms with van der Waals surface area (Å²) in [5, 5.41) is -0.0477. The van der Waals surface area contributed by atoms with Crippen molar-refractivity contribution in [1.82, 2.24) is 4.98 Å². The van der Waals surface area contributed by atoms with E-state index < -0.39 is 35.6 Å². The number of rotatable bonds is 4. The summed E-state index contributed by atoms with van der Waals surface area (Å²) in [7, 11) is 0. The Hall–Kier alpha value is -2.45. The molecule has 1 heterocycles. The number of aromatic nitrogens is 1. The smallest absolute Gasteiger partial charge is 0.418 e. The molecule has 0 saturated heterocycles. The molecule has 2 rings (SSSR count). The first-order valence-corrected chi connectivity index (χ1v) is 6.78. The number of benzene rings is 1. The van der Waals surface area contributed by atoms with Crippen LogP contribution in [0.2, 0.25) is 0 Å². The molecule has 0 N–H and O–H groups in total. The molecule has 24 heavy (non-hydrogen) atoms. The zero-order chi connectivity index (χ0) is 18.1. The highest BCUT2D eigenvalue weighted by molar-refractivity contribution is 5.94. The van der Waals surface area contributed by atoms with Crippen LogP contribution in [0.25, 0.3) is 10.9 Å². The third-order valence-electron chi connectivity index (χ3n) is 3.11. The first-order valence-electron chi connectivity index (χ1n) is 6.78. The van der Waals surface area contributed by atoms with Crippen LogP contribution in [0, 0.1) is 6.92 Å². The van der Waals surface area contributed by atoms with Crippen molar-refractivity contribution in [2.24, 2.45) is 0 Å². The van der Waals surface area contributed by atoms with Crippen LogP contribution >= 0.6 is 0 Å². The van der Waals surface area contributed by atoms with Gasteiger partial charge in [0, 0.05) is 5.39 Å². The van der Waals surface area contributed by atoms with Crippen LogP contribution in [0.15, 0.2) is 18.2 Å². The minimum absolute atomic E-state index is 0.0326. The van der Waals surface area contributed by atoms with Gasteiger partial charge in [-0.05, 0) is 37.6 Å². The molecular weight excluding hydrogens is 337 g/mol. The Balaban J connectivity index is 2.73. The van der Waals surface area contributed by atoms with Crippen LogP contribution < -0.4 is 4.74 Å². The Kier molecular flexibility index (Phi) is 4.91. The van der Waals surface area contributed by atoms with E-state index in [1.807, 2.05) is 0 Å². The molecule has 2 aromatic rings. The number of halogens is 5. The summed E-state index contributed by atoms with van der Waals surface area (Å²) < 4.78 is 73.2. The third kappa shape index (κ3) is 3.72. The number of hydrogen-bond acceptors (Lipinski definition) is 4. The van der Waals surface area contributed by atoms with Crippen LogP contribution in [0.5, 0.6) is 5.75 Å². The molecule has 0 atom stereocenters. The lowest BCUT2D eigenvalue weighted by atomic mass is 10.0. The normalized spacial score (nSPS) is 11.8. The zero-order valence-electron chi connectivity index (χ0n) is 12.6. The number of alkyl halides is 5. The topological polar surface area (TPSA) is 48.4 Å². The van der Waals surface area contributed by atoms with Gasteiger partial charge < -0.3 is 9.47 Å². The van der Waals surface area contributed by atoms with Gasteiger partial charge in [-0.3, -0.25) is 0 Å². The fraction of sp³-hybridized carbons (Fsp3) is 0.333. The van der Waals surface area contributed by atoms with E-state index in [0.717, 1.165) is 6.07 Å². The molecule has 4 nitrogen and oxygen atoms in total. The van der Waals surface area contributed by atoms with Gasteiger partial charge in [-0.1, -0.05) is 0 Å². The second-order valence-corrected chi connectivity index (χ2v) is 4.79. The standard InChI is InChI=1S/C15H12F5NO3/c1-3-23-13(22)11-4-7(2)9-5-8(24-14(16)17)6-10(12(9)21-11)15(18,19)20/h4-6,14H,3H2,1-2H3. The number of hydrogen-bond donors (Lipinski definition) is 0. The molecule has 0 aliphatic heterocycles. The van der Waals surface area contributed by atoms with Gasteiger partial charge in [0.2, 0.25) is 0 Å². The lowest BCUT2D eigenvalue weighted by molar-refractivity contribution is -0.136. The van der Waals surface area contributed by atoms with E-state index in [9.17, 15) is 26.7 Å². The highest BCUT2D eigenvalue weighted by atomic mass is 19.4. The highest BCUT2D eigenvalue weighted by Crippen LogP contribution is 2.38. The number of fused-ring (bicyclic) bond motifs is 1. The molecule has 0 amide bonds. The zero-order valence-corrected chi connectivity index (χ0v) is 12.6. The Morgan fingerprint density at radius 3 is 2.46 bits per heavy atom. The number of carbonyl (C=O) groups is 1. The summed E-state index contributed by atoms with van der Waals surface area (Å²) in [5.74, 6) is -1.51. The number of carbonyl (C=O) groups excluding carboxylic acids is 1. The van der Waals surface area contributed by atoms with Crippen molar-refractivity contribution in [2.45, 2.75) is 26.6 Å². The largest absolute Gasteiger partial charge is 0.461 e. The molecule has 0 aliphatic rings. The average molecular weight is 349 g/mol. The molecule has 9 heteroatoms. The van der Waals surface area contributed by atoms with Gasteiger partial charge >= 0.3 is 18.8 Å². The van der Waals surface area contributed by atoms with Crippen LogP contribution in [0.3, 0.4) is 0 Å². The predicted molar refractivity (Wildman–Crippen MR) is 74.1 cm³/mol. The number of pyridine rings is 1. The van der Waals surface area contributed by atoms with Crippen LogP contribution in [-0.2, 0) is 10.9 Å². The fourth-order valence-electron chi connectivity index (χ4n) is 2.16. The second kappa shape index (κ2) is 6.58. The molecule has 0 radical (unpaired) electrons. The average Bonchev–Trinajstić information content (AvgIpc) is 2.45. The van der Waals surface area contributed by atoms with Crippen LogP contribution in [0.1, 0.15) is 28.5 Å². The van der Waals surface area contributed by atoms with E-state index in [1.165, 1.54) is 13.0 Å². The highest BCUT2D eigenvalue weighted by Gasteiger charge is 2.35. The minimum atomic E-state index is -4.87. The number of aryl methyl sites for hydroxylation is 1. The van der Waals surface area contributed by atoms with Crippen LogP contribution in [-0.4, -0.2) is 24.2 Å². The van der Waals surface area contributed by atoms with E-state index in [-0.39, 0.29) is 23.3 Å². The monoisotopic (exact) mass is 349 g/mol. The third-order valence-corrected chi connectivity index (χ3v) is 3.11. The van der Waals surface area contributed by atoms with Crippen molar-refractivity contribution < 1.29 is 36.2 Å². The van der Waals surface area contributed by atoms with Gasteiger partial charge in [0.1, 0.15) is 11.4 Å². The molecule has 0 spiro atoms. The van der Waals surface area contributed by atoms with Gasteiger partial charge in [0.15, 0.2) is 0 Å². The fourth-order valence-corrected chi connectivity index (χ4v) is 2.16. The predicted octanol–water partition coefficient (Wildman–Crippen LogP) is 4.34. The quantitative estimate of drug-likeness (QED) is 0.609. The molecule has 130 valence electrons. The Morgan fingerprint density at radius 1 is 1.25 bits per heavy atom. The molecule has 1 aromatic heterocycles. The molecule has 0 unspecified atom stereocenters.